The van der Waals surface area contributed by atoms with Crippen LogP contribution in [0.1, 0.15) is 26.3 Å². The van der Waals surface area contributed by atoms with Gasteiger partial charge in [0, 0.05) is 29.4 Å². The predicted molar refractivity (Wildman–Crippen MR) is 76.3 cm³/mol. The fourth-order valence-electron chi connectivity index (χ4n) is 2.63. The number of para-hydroxylation sites is 1. The molecule has 0 saturated carbocycles. The molecular weight excluding hydrogens is 246 g/mol. The fraction of sp³-hybridized carbons (Fsp3) is 0.400. The van der Waals surface area contributed by atoms with Gasteiger partial charge in [-0.3, -0.25) is 4.79 Å². The van der Waals surface area contributed by atoms with Crippen molar-refractivity contribution in [2.75, 3.05) is 17.3 Å². The van der Waals surface area contributed by atoms with Crippen molar-refractivity contribution in [3.63, 3.8) is 0 Å². The summed E-state index contributed by atoms with van der Waals surface area (Å²) in [6.07, 6.45) is 1.69. The highest BCUT2D eigenvalue weighted by Gasteiger charge is 2.39. The van der Waals surface area contributed by atoms with Gasteiger partial charge in [0.15, 0.2) is 5.78 Å². The molecular formula is C15H18ClNO. The molecule has 3 heteroatoms. The van der Waals surface area contributed by atoms with E-state index in [2.05, 4.69) is 37.8 Å². The van der Waals surface area contributed by atoms with Gasteiger partial charge in [0.25, 0.3) is 0 Å². The Morgan fingerprint density at radius 3 is 2.67 bits per heavy atom. The highest BCUT2D eigenvalue weighted by molar-refractivity contribution is 6.29. The van der Waals surface area contributed by atoms with Crippen molar-refractivity contribution in [2.45, 2.75) is 26.2 Å². The third kappa shape index (κ3) is 1.95. The SMILES string of the molecule is CCN1C(=CC(=O)CCl)C(C)(C)c2ccccc21. The number of halogens is 1. The number of hydrogen-bond donors (Lipinski definition) is 0. The lowest BCUT2D eigenvalue weighted by atomic mass is 9.83. The second-order valence-corrected chi connectivity index (χ2v) is 5.28. The van der Waals surface area contributed by atoms with Crippen LogP contribution in [0, 0.1) is 0 Å². The monoisotopic (exact) mass is 263 g/mol. The molecule has 0 bridgehead atoms. The Labute approximate surface area is 113 Å². The first-order chi connectivity index (χ1) is 8.52. The molecule has 0 aliphatic carbocycles. The van der Waals surface area contributed by atoms with Gasteiger partial charge in [0.1, 0.15) is 0 Å². The van der Waals surface area contributed by atoms with E-state index in [1.165, 1.54) is 11.3 Å². The number of ketones is 1. The molecule has 0 fully saturated rings. The van der Waals surface area contributed by atoms with Gasteiger partial charge in [-0.05, 0) is 18.6 Å². The molecule has 1 aliphatic heterocycles. The molecule has 1 aromatic carbocycles. The van der Waals surface area contributed by atoms with Crippen LogP contribution >= 0.6 is 11.6 Å². The van der Waals surface area contributed by atoms with Crippen LogP contribution in [0.4, 0.5) is 5.69 Å². The summed E-state index contributed by atoms with van der Waals surface area (Å²) in [5.74, 6) is -0.000915. The van der Waals surface area contributed by atoms with E-state index in [1.54, 1.807) is 6.08 Å². The summed E-state index contributed by atoms with van der Waals surface area (Å²) >= 11 is 5.61. The third-order valence-corrected chi connectivity index (χ3v) is 3.81. The van der Waals surface area contributed by atoms with E-state index in [-0.39, 0.29) is 17.1 Å². The van der Waals surface area contributed by atoms with Crippen LogP contribution in [0.5, 0.6) is 0 Å². The normalized spacial score (nSPS) is 19.1. The molecule has 0 amide bonds. The molecule has 0 saturated heterocycles. The zero-order chi connectivity index (χ0) is 13.3. The number of hydrogen-bond acceptors (Lipinski definition) is 2. The number of alkyl halides is 1. The highest BCUT2D eigenvalue weighted by Crippen LogP contribution is 2.47. The maximum absolute atomic E-state index is 11.6. The molecule has 2 rings (SSSR count). The van der Waals surface area contributed by atoms with Crippen LogP contribution in [0.3, 0.4) is 0 Å². The lowest BCUT2D eigenvalue weighted by Gasteiger charge is -2.25. The molecule has 1 heterocycles. The molecule has 0 spiro atoms. The van der Waals surface area contributed by atoms with Crippen molar-refractivity contribution in [1.82, 2.24) is 0 Å². The summed E-state index contributed by atoms with van der Waals surface area (Å²) < 4.78 is 0. The zero-order valence-corrected chi connectivity index (χ0v) is 11.8. The minimum atomic E-state index is -0.145. The van der Waals surface area contributed by atoms with Crippen molar-refractivity contribution >= 4 is 23.1 Å². The Morgan fingerprint density at radius 2 is 2.06 bits per heavy atom. The van der Waals surface area contributed by atoms with Gasteiger partial charge in [-0.25, -0.2) is 0 Å². The van der Waals surface area contributed by atoms with Crippen LogP contribution in [0.15, 0.2) is 36.0 Å². The smallest absolute Gasteiger partial charge is 0.172 e. The summed E-state index contributed by atoms with van der Waals surface area (Å²) in [7, 11) is 0. The van der Waals surface area contributed by atoms with Crippen molar-refractivity contribution in [2.24, 2.45) is 0 Å². The van der Waals surface area contributed by atoms with E-state index in [0.29, 0.717) is 0 Å². The van der Waals surface area contributed by atoms with E-state index in [0.717, 1.165) is 12.2 Å². The van der Waals surface area contributed by atoms with Crippen molar-refractivity contribution in [3.8, 4) is 0 Å². The second kappa shape index (κ2) is 4.77. The molecule has 1 aliphatic rings. The number of likely N-dealkylation sites (N-methyl/N-ethyl adjacent to an activating group) is 1. The van der Waals surface area contributed by atoms with Crippen LogP contribution in [-0.4, -0.2) is 18.2 Å². The Kier molecular flexibility index (Phi) is 3.49. The second-order valence-electron chi connectivity index (χ2n) is 5.02. The standard InChI is InChI=1S/C15H18ClNO/c1-4-17-13-8-6-5-7-12(13)15(2,3)14(17)9-11(18)10-16/h5-9H,4,10H2,1-3H3. The molecule has 96 valence electrons. The van der Waals surface area contributed by atoms with Gasteiger partial charge in [-0.2, -0.15) is 0 Å². The van der Waals surface area contributed by atoms with Crippen LogP contribution in [0.2, 0.25) is 0 Å². The first-order valence-electron chi connectivity index (χ1n) is 6.20. The van der Waals surface area contributed by atoms with E-state index in [1.807, 2.05) is 12.1 Å². The van der Waals surface area contributed by atoms with Gasteiger partial charge in [-0.15, -0.1) is 11.6 Å². The highest BCUT2D eigenvalue weighted by atomic mass is 35.5. The molecule has 0 aromatic heterocycles. The number of anilines is 1. The van der Waals surface area contributed by atoms with Gasteiger partial charge in [0.05, 0.1) is 5.88 Å². The molecule has 0 radical (unpaired) electrons. The summed E-state index contributed by atoms with van der Waals surface area (Å²) in [6, 6.07) is 8.31. The molecule has 2 nitrogen and oxygen atoms in total. The molecule has 18 heavy (non-hydrogen) atoms. The van der Waals surface area contributed by atoms with Crippen molar-refractivity contribution in [3.05, 3.63) is 41.6 Å². The Balaban J connectivity index is 2.57. The van der Waals surface area contributed by atoms with E-state index >= 15 is 0 Å². The average molecular weight is 264 g/mol. The van der Waals surface area contributed by atoms with Crippen LogP contribution < -0.4 is 4.90 Å². The first-order valence-corrected chi connectivity index (χ1v) is 6.73. The summed E-state index contributed by atoms with van der Waals surface area (Å²) in [4.78, 5) is 13.8. The summed E-state index contributed by atoms with van der Waals surface area (Å²) in [5.41, 5.74) is 3.35. The topological polar surface area (TPSA) is 20.3 Å². The molecule has 1 aromatic rings. The third-order valence-electron chi connectivity index (χ3n) is 3.54. The number of carbonyl (C=O) groups is 1. The van der Waals surface area contributed by atoms with Gasteiger partial charge >= 0.3 is 0 Å². The zero-order valence-electron chi connectivity index (χ0n) is 11.0. The van der Waals surface area contributed by atoms with Crippen molar-refractivity contribution < 1.29 is 4.79 Å². The van der Waals surface area contributed by atoms with E-state index in [9.17, 15) is 4.79 Å². The number of rotatable bonds is 3. The molecule has 0 unspecified atom stereocenters. The predicted octanol–water partition coefficient (Wildman–Crippen LogP) is 3.50. The Morgan fingerprint density at radius 1 is 1.39 bits per heavy atom. The summed E-state index contributed by atoms with van der Waals surface area (Å²) in [6.45, 7) is 7.24. The number of nitrogens with zero attached hydrogens (tertiary/aromatic N) is 1. The van der Waals surface area contributed by atoms with E-state index < -0.39 is 0 Å². The van der Waals surface area contributed by atoms with Crippen molar-refractivity contribution in [1.29, 1.82) is 0 Å². The maximum Gasteiger partial charge on any atom is 0.172 e. The quantitative estimate of drug-likeness (QED) is 0.615. The summed E-state index contributed by atoms with van der Waals surface area (Å²) in [5, 5.41) is 0. The minimum Gasteiger partial charge on any atom is -0.344 e. The number of fused-ring (bicyclic) bond motifs is 1. The van der Waals surface area contributed by atoms with Crippen LogP contribution in [-0.2, 0) is 10.2 Å². The Bertz CT molecular complexity index is 505. The number of benzene rings is 1. The van der Waals surface area contributed by atoms with Gasteiger partial charge in [-0.1, -0.05) is 32.0 Å². The Hall–Kier alpha value is -1.28. The van der Waals surface area contributed by atoms with E-state index in [4.69, 9.17) is 11.6 Å². The lowest BCUT2D eigenvalue weighted by Crippen LogP contribution is -2.27. The molecule has 0 atom stereocenters. The van der Waals surface area contributed by atoms with Gasteiger partial charge < -0.3 is 4.90 Å². The van der Waals surface area contributed by atoms with Crippen LogP contribution in [0.25, 0.3) is 0 Å². The maximum atomic E-state index is 11.6. The molecule has 0 N–H and O–H groups in total. The van der Waals surface area contributed by atoms with Gasteiger partial charge in [0.2, 0.25) is 0 Å². The number of carbonyl (C=O) groups excluding carboxylic acids is 1. The first kappa shape index (κ1) is 13.2. The average Bonchev–Trinajstić information content (AvgIpc) is 2.58. The largest absolute Gasteiger partial charge is 0.344 e. The fourth-order valence-corrected chi connectivity index (χ4v) is 2.71. The minimum absolute atomic E-state index is 0.0352. The number of allylic oxidation sites excluding steroid dienone is 2. The lowest BCUT2D eigenvalue weighted by molar-refractivity contribution is -0.112.